The van der Waals surface area contributed by atoms with Crippen LogP contribution in [-0.2, 0) is 6.42 Å². The van der Waals surface area contributed by atoms with E-state index in [2.05, 4.69) is 46.7 Å². The van der Waals surface area contributed by atoms with Crippen molar-refractivity contribution in [1.29, 1.82) is 0 Å². The van der Waals surface area contributed by atoms with Gasteiger partial charge in [-0.25, -0.2) is 4.98 Å². The minimum atomic E-state index is -0.0852. The van der Waals surface area contributed by atoms with Crippen LogP contribution < -0.4 is 5.56 Å². The standard InChI is InChI=1S/C12H19BrN2O/c1-7(2)10-9(13)11(16)15-8(14-10)6-12(3,4)5/h7H,6H2,1-5H3,(H,14,15,16). The van der Waals surface area contributed by atoms with Gasteiger partial charge in [0.05, 0.1) is 5.69 Å². The van der Waals surface area contributed by atoms with Crippen LogP contribution in [0.15, 0.2) is 9.27 Å². The Kier molecular flexibility index (Phi) is 3.94. The zero-order chi connectivity index (χ0) is 12.5. The van der Waals surface area contributed by atoms with Crippen LogP contribution in [0.1, 0.15) is 52.1 Å². The predicted molar refractivity (Wildman–Crippen MR) is 69.8 cm³/mol. The van der Waals surface area contributed by atoms with Gasteiger partial charge in [-0.05, 0) is 27.3 Å². The van der Waals surface area contributed by atoms with Crippen molar-refractivity contribution in [3.63, 3.8) is 0 Å². The third-order valence-corrected chi connectivity index (χ3v) is 2.95. The van der Waals surface area contributed by atoms with Crippen LogP contribution >= 0.6 is 15.9 Å². The molecule has 0 fully saturated rings. The second-order valence-corrected chi connectivity index (χ2v) is 6.40. The van der Waals surface area contributed by atoms with E-state index >= 15 is 0 Å². The highest BCUT2D eigenvalue weighted by atomic mass is 79.9. The van der Waals surface area contributed by atoms with Gasteiger partial charge in [-0.2, -0.15) is 0 Å². The fourth-order valence-corrected chi connectivity index (χ4v) is 2.14. The average molecular weight is 287 g/mol. The van der Waals surface area contributed by atoms with E-state index in [0.29, 0.717) is 4.47 Å². The van der Waals surface area contributed by atoms with Gasteiger partial charge < -0.3 is 4.98 Å². The molecule has 0 saturated heterocycles. The van der Waals surface area contributed by atoms with Gasteiger partial charge in [-0.15, -0.1) is 0 Å². The third-order valence-electron chi connectivity index (χ3n) is 2.18. The van der Waals surface area contributed by atoms with Crippen molar-refractivity contribution in [3.8, 4) is 0 Å². The molecule has 0 aliphatic heterocycles. The molecule has 1 N–H and O–H groups in total. The predicted octanol–water partition coefficient (Wildman–Crippen LogP) is 3.24. The number of aromatic nitrogens is 2. The topological polar surface area (TPSA) is 45.8 Å². The van der Waals surface area contributed by atoms with Gasteiger partial charge in [-0.1, -0.05) is 34.6 Å². The number of aromatic amines is 1. The number of nitrogens with one attached hydrogen (secondary N) is 1. The molecule has 4 heteroatoms. The number of hydrogen-bond acceptors (Lipinski definition) is 2. The fraction of sp³-hybridized carbons (Fsp3) is 0.667. The van der Waals surface area contributed by atoms with Crippen LogP contribution in [0.25, 0.3) is 0 Å². The molecule has 1 aromatic rings. The second-order valence-electron chi connectivity index (χ2n) is 5.60. The molecule has 0 radical (unpaired) electrons. The first-order valence-electron chi connectivity index (χ1n) is 5.49. The second kappa shape index (κ2) is 4.70. The van der Waals surface area contributed by atoms with E-state index < -0.39 is 0 Å². The van der Waals surface area contributed by atoms with Crippen molar-refractivity contribution in [2.45, 2.75) is 47.0 Å². The third kappa shape index (κ3) is 3.44. The van der Waals surface area contributed by atoms with Crippen LogP contribution in [0.4, 0.5) is 0 Å². The van der Waals surface area contributed by atoms with E-state index in [-0.39, 0.29) is 16.9 Å². The van der Waals surface area contributed by atoms with Gasteiger partial charge in [-0.3, -0.25) is 4.79 Å². The molecule has 0 saturated carbocycles. The minimum Gasteiger partial charge on any atom is -0.310 e. The Morgan fingerprint density at radius 1 is 1.38 bits per heavy atom. The Morgan fingerprint density at radius 2 is 1.94 bits per heavy atom. The van der Waals surface area contributed by atoms with E-state index in [0.717, 1.165) is 17.9 Å². The number of nitrogens with zero attached hydrogens (tertiary/aromatic N) is 1. The first kappa shape index (κ1) is 13.4. The average Bonchev–Trinajstić information content (AvgIpc) is 2.07. The van der Waals surface area contributed by atoms with Crippen molar-refractivity contribution >= 4 is 15.9 Å². The molecule has 0 aliphatic carbocycles. The molecule has 0 bridgehead atoms. The Balaban J connectivity index is 3.20. The molecule has 0 aromatic carbocycles. The summed E-state index contributed by atoms with van der Waals surface area (Å²) in [4.78, 5) is 19.0. The molecule has 0 unspecified atom stereocenters. The summed E-state index contributed by atoms with van der Waals surface area (Å²) in [7, 11) is 0. The van der Waals surface area contributed by atoms with Crippen molar-refractivity contribution in [1.82, 2.24) is 9.97 Å². The first-order chi connectivity index (χ1) is 7.20. The molecule has 0 aliphatic rings. The van der Waals surface area contributed by atoms with Gasteiger partial charge in [0.15, 0.2) is 0 Å². The van der Waals surface area contributed by atoms with Gasteiger partial charge in [0, 0.05) is 6.42 Å². The van der Waals surface area contributed by atoms with E-state index in [4.69, 9.17) is 0 Å². The maximum absolute atomic E-state index is 11.7. The van der Waals surface area contributed by atoms with Gasteiger partial charge in [0.2, 0.25) is 0 Å². The molecule has 3 nitrogen and oxygen atoms in total. The molecule has 0 amide bonds. The Morgan fingerprint density at radius 3 is 2.38 bits per heavy atom. The van der Waals surface area contributed by atoms with Crippen molar-refractivity contribution in [3.05, 3.63) is 26.3 Å². The van der Waals surface area contributed by atoms with Crippen LogP contribution in [0.3, 0.4) is 0 Å². The van der Waals surface area contributed by atoms with E-state index in [1.807, 2.05) is 13.8 Å². The van der Waals surface area contributed by atoms with E-state index in [1.165, 1.54) is 0 Å². The van der Waals surface area contributed by atoms with Gasteiger partial charge >= 0.3 is 0 Å². The van der Waals surface area contributed by atoms with E-state index in [1.54, 1.807) is 0 Å². The highest BCUT2D eigenvalue weighted by molar-refractivity contribution is 9.10. The lowest BCUT2D eigenvalue weighted by Gasteiger charge is -2.18. The maximum atomic E-state index is 11.7. The highest BCUT2D eigenvalue weighted by Gasteiger charge is 2.17. The molecular weight excluding hydrogens is 268 g/mol. The largest absolute Gasteiger partial charge is 0.310 e. The van der Waals surface area contributed by atoms with Crippen LogP contribution in [-0.4, -0.2) is 9.97 Å². The summed E-state index contributed by atoms with van der Waals surface area (Å²) in [6.45, 7) is 10.5. The molecule has 1 aromatic heterocycles. The molecule has 0 spiro atoms. The smallest absolute Gasteiger partial charge is 0.265 e. The van der Waals surface area contributed by atoms with Crippen molar-refractivity contribution < 1.29 is 0 Å². The summed E-state index contributed by atoms with van der Waals surface area (Å²) in [6, 6.07) is 0. The lowest BCUT2D eigenvalue weighted by Crippen LogP contribution is -2.20. The molecular formula is C12H19BrN2O. The van der Waals surface area contributed by atoms with Gasteiger partial charge in [0.25, 0.3) is 5.56 Å². The summed E-state index contributed by atoms with van der Waals surface area (Å²) in [5.41, 5.74) is 0.874. The quantitative estimate of drug-likeness (QED) is 0.907. The van der Waals surface area contributed by atoms with Crippen LogP contribution in [0.5, 0.6) is 0 Å². The highest BCUT2D eigenvalue weighted by Crippen LogP contribution is 2.22. The minimum absolute atomic E-state index is 0.0852. The van der Waals surface area contributed by atoms with Crippen molar-refractivity contribution in [2.24, 2.45) is 5.41 Å². The zero-order valence-electron chi connectivity index (χ0n) is 10.5. The zero-order valence-corrected chi connectivity index (χ0v) is 12.1. The van der Waals surface area contributed by atoms with E-state index in [9.17, 15) is 4.79 Å². The summed E-state index contributed by atoms with van der Waals surface area (Å²) in [6.07, 6.45) is 0.773. The lowest BCUT2D eigenvalue weighted by molar-refractivity contribution is 0.399. The van der Waals surface area contributed by atoms with Crippen molar-refractivity contribution in [2.75, 3.05) is 0 Å². The number of H-pyrrole nitrogens is 1. The monoisotopic (exact) mass is 286 g/mol. The van der Waals surface area contributed by atoms with Gasteiger partial charge in [0.1, 0.15) is 10.3 Å². The Hall–Kier alpha value is -0.640. The number of halogens is 1. The summed E-state index contributed by atoms with van der Waals surface area (Å²) in [5, 5.41) is 0. The Labute approximate surface area is 105 Å². The molecule has 1 heterocycles. The molecule has 16 heavy (non-hydrogen) atoms. The SMILES string of the molecule is CC(C)c1nc(CC(C)(C)C)[nH]c(=O)c1Br. The Bertz CT molecular complexity index is 430. The number of rotatable bonds is 2. The fourth-order valence-electron chi connectivity index (χ4n) is 1.49. The van der Waals surface area contributed by atoms with Crippen LogP contribution in [0.2, 0.25) is 0 Å². The number of hydrogen-bond donors (Lipinski definition) is 1. The normalized spacial score (nSPS) is 12.2. The maximum Gasteiger partial charge on any atom is 0.265 e. The molecule has 0 atom stereocenters. The summed E-state index contributed by atoms with van der Waals surface area (Å²) >= 11 is 3.29. The lowest BCUT2D eigenvalue weighted by atomic mass is 9.92. The summed E-state index contributed by atoms with van der Waals surface area (Å²) < 4.78 is 0.556. The summed E-state index contributed by atoms with van der Waals surface area (Å²) in [5.74, 6) is 1.01. The molecule has 90 valence electrons. The molecule has 1 rings (SSSR count). The first-order valence-corrected chi connectivity index (χ1v) is 6.28. The van der Waals surface area contributed by atoms with Crippen LogP contribution in [0, 0.1) is 5.41 Å².